The van der Waals surface area contributed by atoms with Gasteiger partial charge in [0.05, 0.1) is 12.7 Å². The molecule has 124 valence electrons. The molecule has 1 unspecified atom stereocenters. The number of carboxylic acids is 1. The van der Waals surface area contributed by atoms with Gasteiger partial charge in [-0.1, -0.05) is 6.07 Å². The molecule has 1 aliphatic heterocycles. The van der Waals surface area contributed by atoms with Crippen molar-refractivity contribution in [2.45, 2.75) is 43.7 Å². The van der Waals surface area contributed by atoms with Crippen molar-refractivity contribution in [3.05, 3.63) is 29.8 Å². The van der Waals surface area contributed by atoms with E-state index in [2.05, 4.69) is 5.32 Å². The molecule has 2 aliphatic rings. The van der Waals surface area contributed by atoms with Crippen molar-refractivity contribution in [1.82, 2.24) is 5.32 Å². The first kappa shape index (κ1) is 15.8. The Kier molecular flexibility index (Phi) is 4.52. The lowest BCUT2D eigenvalue weighted by Crippen LogP contribution is -2.55. The summed E-state index contributed by atoms with van der Waals surface area (Å²) in [6.45, 7) is 0.323. The normalized spacial score (nSPS) is 24.5. The minimum Gasteiger partial charge on any atom is -0.490 e. The summed E-state index contributed by atoms with van der Waals surface area (Å²) in [6, 6.07) is 6.89. The number of carbonyl (C=O) groups is 2. The Morgan fingerprint density at radius 2 is 2.09 bits per heavy atom. The van der Waals surface area contributed by atoms with Crippen molar-refractivity contribution in [2.75, 3.05) is 13.2 Å². The average Bonchev–Trinajstić information content (AvgIpc) is 3.20. The van der Waals surface area contributed by atoms with E-state index in [9.17, 15) is 14.7 Å². The van der Waals surface area contributed by atoms with Crippen LogP contribution in [0, 0.1) is 0 Å². The third-order valence-corrected chi connectivity index (χ3v) is 4.49. The molecule has 0 radical (unpaired) electrons. The predicted molar refractivity (Wildman–Crippen MR) is 82.6 cm³/mol. The minimum absolute atomic E-state index is 0.00760. The van der Waals surface area contributed by atoms with Crippen LogP contribution in [-0.2, 0) is 9.53 Å². The van der Waals surface area contributed by atoms with Gasteiger partial charge in [0.2, 0.25) is 0 Å². The monoisotopic (exact) mass is 319 g/mol. The first-order chi connectivity index (χ1) is 11.1. The van der Waals surface area contributed by atoms with Crippen molar-refractivity contribution in [3.63, 3.8) is 0 Å². The summed E-state index contributed by atoms with van der Waals surface area (Å²) in [5.41, 5.74) is -0.938. The minimum atomic E-state index is -1.33. The first-order valence-electron chi connectivity index (χ1n) is 7.99. The molecule has 1 heterocycles. The summed E-state index contributed by atoms with van der Waals surface area (Å²) in [5, 5.41) is 12.0. The molecule has 0 aromatic heterocycles. The second-order valence-corrected chi connectivity index (χ2v) is 6.20. The number of carboxylic acid groups (broad SMARTS) is 1. The highest BCUT2D eigenvalue weighted by Gasteiger charge is 2.44. The third-order valence-electron chi connectivity index (χ3n) is 4.49. The number of carbonyl (C=O) groups excluding carboxylic acids is 1. The second kappa shape index (κ2) is 6.58. The van der Waals surface area contributed by atoms with Crippen molar-refractivity contribution >= 4 is 11.9 Å². The van der Waals surface area contributed by atoms with Crippen LogP contribution >= 0.6 is 0 Å². The fourth-order valence-electron chi connectivity index (χ4n) is 3.08. The molecular weight excluding hydrogens is 298 g/mol. The molecule has 1 aromatic rings. The predicted octanol–water partition coefficient (Wildman–Crippen LogP) is 1.98. The van der Waals surface area contributed by atoms with Crippen LogP contribution in [-0.4, -0.2) is 41.8 Å². The molecule has 1 saturated heterocycles. The number of ether oxygens (including phenoxy) is 2. The maximum Gasteiger partial charge on any atom is 0.331 e. The Balaban J connectivity index is 1.70. The highest BCUT2D eigenvalue weighted by atomic mass is 16.5. The average molecular weight is 319 g/mol. The molecule has 2 N–H and O–H groups in total. The van der Waals surface area contributed by atoms with E-state index in [1.807, 2.05) is 6.07 Å². The standard InChI is InChI=1S/C17H21NO5/c19-15(18-17(16(20)21)8-9-22-11-17)12-4-3-7-14(10-12)23-13-5-1-2-6-13/h3-4,7,10,13H,1-2,5-6,8-9,11H2,(H,18,19)(H,20,21). The van der Waals surface area contributed by atoms with E-state index >= 15 is 0 Å². The van der Waals surface area contributed by atoms with Crippen LogP contribution in [0.4, 0.5) is 0 Å². The molecular formula is C17H21NO5. The molecule has 1 atom stereocenters. The van der Waals surface area contributed by atoms with Crippen molar-refractivity contribution in [1.29, 1.82) is 0 Å². The number of hydrogen-bond acceptors (Lipinski definition) is 4. The lowest BCUT2D eigenvalue weighted by molar-refractivity contribution is -0.144. The van der Waals surface area contributed by atoms with Crippen LogP contribution in [0.15, 0.2) is 24.3 Å². The van der Waals surface area contributed by atoms with Crippen molar-refractivity contribution in [3.8, 4) is 5.75 Å². The lowest BCUT2D eigenvalue weighted by Gasteiger charge is -2.23. The smallest absolute Gasteiger partial charge is 0.331 e. The number of nitrogens with one attached hydrogen (secondary N) is 1. The number of rotatable bonds is 5. The zero-order chi connectivity index (χ0) is 16.3. The fourth-order valence-corrected chi connectivity index (χ4v) is 3.08. The van der Waals surface area contributed by atoms with Gasteiger partial charge in [-0.15, -0.1) is 0 Å². The summed E-state index contributed by atoms with van der Waals surface area (Å²) in [7, 11) is 0. The molecule has 23 heavy (non-hydrogen) atoms. The summed E-state index contributed by atoms with van der Waals surface area (Å²) in [5.74, 6) is -0.840. The van der Waals surface area contributed by atoms with Crippen molar-refractivity contribution in [2.24, 2.45) is 0 Å². The van der Waals surface area contributed by atoms with Crippen LogP contribution in [0.5, 0.6) is 5.75 Å². The molecule has 6 nitrogen and oxygen atoms in total. The summed E-state index contributed by atoms with van der Waals surface area (Å²) < 4.78 is 11.0. The van der Waals surface area contributed by atoms with Gasteiger partial charge < -0.3 is 19.9 Å². The third kappa shape index (κ3) is 3.47. The molecule has 1 aromatic carbocycles. The Morgan fingerprint density at radius 1 is 1.30 bits per heavy atom. The number of amides is 1. The SMILES string of the molecule is O=C(NC1(C(=O)O)CCOC1)c1cccc(OC2CCCC2)c1. The first-order valence-corrected chi connectivity index (χ1v) is 7.99. The van der Waals surface area contributed by atoms with Crippen molar-refractivity contribution < 1.29 is 24.2 Å². The highest BCUT2D eigenvalue weighted by Crippen LogP contribution is 2.25. The molecule has 0 bridgehead atoms. The molecule has 1 amide bonds. The Bertz CT molecular complexity index is 588. The van der Waals surface area contributed by atoms with E-state index < -0.39 is 17.4 Å². The van der Waals surface area contributed by atoms with Gasteiger partial charge in [0.1, 0.15) is 5.75 Å². The van der Waals surface area contributed by atoms with E-state index in [0.29, 0.717) is 17.9 Å². The molecule has 1 aliphatic carbocycles. The Labute approximate surface area is 134 Å². The van der Waals surface area contributed by atoms with Gasteiger partial charge in [0.25, 0.3) is 5.91 Å². The van der Waals surface area contributed by atoms with Crippen LogP contribution in [0.3, 0.4) is 0 Å². The molecule has 0 spiro atoms. The maximum absolute atomic E-state index is 12.4. The Morgan fingerprint density at radius 3 is 2.74 bits per heavy atom. The van der Waals surface area contributed by atoms with Gasteiger partial charge in [-0.2, -0.15) is 0 Å². The van der Waals surface area contributed by atoms with Gasteiger partial charge in [-0.05, 0) is 43.9 Å². The topological polar surface area (TPSA) is 84.9 Å². The lowest BCUT2D eigenvalue weighted by atomic mass is 9.98. The summed E-state index contributed by atoms with van der Waals surface area (Å²) >= 11 is 0. The molecule has 2 fully saturated rings. The van der Waals surface area contributed by atoms with E-state index in [4.69, 9.17) is 9.47 Å². The highest BCUT2D eigenvalue weighted by molar-refractivity contribution is 5.98. The maximum atomic E-state index is 12.4. The van der Waals surface area contributed by atoms with Gasteiger partial charge >= 0.3 is 5.97 Å². The zero-order valence-corrected chi connectivity index (χ0v) is 12.9. The van der Waals surface area contributed by atoms with E-state index in [-0.39, 0.29) is 19.1 Å². The van der Waals surface area contributed by atoms with Crippen LogP contribution in [0.2, 0.25) is 0 Å². The summed E-state index contributed by atoms with van der Waals surface area (Å²) in [6.07, 6.45) is 4.90. The quantitative estimate of drug-likeness (QED) is 0.867. The largest absolute Gasteiger partial charge is 0.490 e. The zero-order valence-electron chi connectivity index (χ0n) is 12.9. The van der Waals surface area contributed by atoms with E-state index in [1.54, 1.807) is 18.2 Å². The van der Waals surface area contributed by atoms with Gasteiger partial charge in [0, 0.05) is 18.6 Å². The van der Waals surface area contributed by atoms with Gasteiger partial charge in [0.15, 0.2) is 5.54 Å². The summed E-state index contributed by atoms with van der Waals surface area (Å²) in [4.78, 5) is 23.9. The van der Waals surface area contributed by atoms with E-state index in [0.717, 1.165) is 12.8 Å². The van der Waals surface area contributed by atoms with Crippen LogP contribution < -0.4 is 10.1 Å². The number of hydrogen-bond donors (Lipinski definition) is 2. The fraction of sp³-hybridized carbons (Fsp3) is 0.529. The van der Waals surface area contributed by atoms with Gasteiger partial charge in [-0.3, -0.25) is 4.79 Å². The molecule has 3 rings (SSSR count). The number of benzene rings is 1. The second-order valence-electron chi connectivity index (χ2n) is 6.20. The van der Waals surface area contributed by atoms with Crippen LogP contribution in [0.1, 0.15) is 42.5 Å². The van der Waals surface area contributed by atoms with Gasteiger partial charge in [-0.25, -0.2) is 4.79 Å². The molecule has 1 saturated carbocycles. The van der Waals surface area contributed by atoms with Crippen LogP contribution in [0.25, 0.3) is 0 Å². The molecule has 6 heteroatoms. The van der Waals surface area contributed by atoms with E-state index in [1.165, 1.54) is 12.8 Å². The number of aliphatic carboxylic acids is 1. The Hall–Kier alpha value is -2.08.